The maximum Gasteiger partial charge on any atom is 0.407 e. The summed E-state index contributed by atoms with van der Waals surface area (Å²) >= 11 is 0. The topological polar surface area (TPSA) is 92.3 Å². The van der Waals surface area contributed by atoms with Gasteiger partial charge in [-0.25, -0.2) is 4.79 Å². The number of carbonyl (C=O) groups excluding carboxylic acids is 2. The van der Waals surface area contributed by atoms with Gasteiger partial charge < -0.3 is 29.0 Å². The smallest absolute Gasteiger partial charge is 0.407 e. The third kappa shape index (κ3) is 14.8. The van der Waals surface area contributed by atoms with Gasteiger partial charge in [0.25, 0.3) is 0 Å². The first-order valence-electron chi connectivity index (χ1n) is 6.78. The summed E-state index contributed by atoms with van der Waals surface area (Å²) in [5, 5.41) is 2.48. The van der Waals surface area contributed by atoms with Gasteiger partial charge >= 0.3 is 12.1 Å². The first kappa shape index (κ1) is 19.6. The predicted octanol–water partition coefficient (Wildman–Crippen LogP) is 0.344. The lowest BCUT2D eigenvalue weighted by atomic mass is 10.4. The molecule has 1 unspecified atom stereocenters. The number of nitrogens with one attached hydrogen (secondary N) is 1. The van der Waals surface area contributed by atoms with E-state index < -0.39 is 18.2 Å². The van der Waals surface area contributed by atoms with Gasteiger partial charge in [-0.15, -0.1) is 0 Å². The summed E-state index contributed by atoms with van der Waals surface area (Å²) in [4.78, 5) is 21.9. The molecule has 0 aliphatic heterocycles. The molecule has 0 saturated heterocycles. The van der Waals surface area contributed by atoms with Crippen LogP contribution in [-0.2, 0) is 28.5 Å². The molecular formula is C13H25NO7. The number of hydrogen-bond acceptors (Lipinski definition) is 7. The molecule has 8 nitrogen and oxygen atoms in total. The molecule has 0 rings (SSSR count). The van der Waals surface area contributed by atoms with Crippen LogP contribution in [0, 0.1) is 0 Å². The van der Waals surface area contributed by atoms with Gasteiger partial charge in [-0.2, -0.15) is 0 Å². The molecule has 0 fully saturated rings. The lowest BCUT2D eigenvalue weighted by Gasteiger charge is -2.12. The van der Waals surface area contributed by atoms with Gasteiger partial charge in [0.15, 0.2) is 0 Å². The van der Waals surface area contributed by atoms with Gasteiger partial charge in [-0.3, -0.25) is 4.79 Å². The number of carbonyl (C=O) groups is 2. The predicted molar refractivity (Wildman–Crippen MR) is 74.1 cm³/mol. The lowest BCUT2D eigenvalue weighted by molar-refractivity contribution is -0.145. The van der Waals surface area contributed by atoms with E-state index in [0.29, 0.717) is 33.0 Å². The zero-order valence-corrected chi connectivity index (χ0v) is 12.9. The summed E-state index contributed by atoms with van der Waals surface area (Å²) in [6.45, 7) is 5.60. The Morgan fingerprint density at radius 1 is 1.00 bits per heavy atom. The third-order valence-electron chi connectivity index (χ3n) is 2.17. The van der Waals surface area contributed by atoms with E-state index >= 15 is 0 Å². The Morgan fingerprint density at radius 3 is 2.14 bits per heavy atom. The van der Waals surface area contributed by atoms with Crippen LogP contribution in [0.5, 0.6) is 0 Å². The molecule has 21 heavy (non-hydrogen) atoms. The minimum atomic E-state index is -0.575. The average molecular weight is 307 g/mol. The second kappa shape index (κ2) is 13.6. The molecule has 0 heterocycles. The first-order chi connectivity index (χ1) is 10.1. The SMILES string of the molecule is COCCOCCOCCOC(=O)NCC(C)OC(C)=O. The largest absolute Gasteiger partial charge is 0.461 e. The van der Waals surface area contributed by atoms with Crippen molar-refractivity contribution < 1.29 is 33.3 Å². The highest BCUT2D eigenvalue weighted by molar-refractivity contribution is 5.67. The fourth-order valence-electron chi connectivity index (χ4n) is 1.26. The molecule has 1 atom stereocenters. The van der Waals surface area contributed by atoms with Crippen LogP contribution in [0.15, 0.2) is 0 Å². The van der Waals surface area contributed by atoms with Crippen LogP contribution >= 0.6 is 0 Å². The molecule has 1 N–H and O–H groups in total. The summed E-state index contributed by atoms with van der Waals surface area (Å²) in [5.74, 6) is -0.390. The highest BCUT2D eigenvalue weighted by atomic mass is 16.6. The summed E-state index contributed by atoms with van der Waals surface area (Å²) < 4.78 is 24.9. The van der Waals surface area contributed by atoms with Crippen LogP contribution < -0.4 is 5.32 Å². The summed E-state index contributed by atoms with van der Waals surface area (Å²) in [6, 6.07) is 0. The molecule has 0 bridgehead atoms. The van der Waals surface area contributed by atoms with E-state index in [4.69, 9.17) is 23.7 Å². The van der Waals surface area contributed by atoms with E-state index in [2.05, 4.69) is 5.32 Å². The second-order valence-corrected chi connectivity index (χ2v) is 4.15. The lowest BCUT2D eigenvalue weighted by Crippen LogP contribution is -2.33. The first-order valence-corrected chi connectivity index (χ1v) is 6.78. The Hall–Kier alpha value is -1.38. The number of rotatable bonds is 12. The fourth-order valence-corrected chi connectivity index (χ4v) is 1.26. The summed E-state index contributed by atoms with van der Waals surface area (Å²) in [7, 11) is 1.61. The monoisotopic (exact) mass is 307 g/mol. The van der Waals surface area contributed by atoms with Crippen molar-refractivity contribution in [1.82, 2.24) is 5.32 Å². The maximum atomic E-state index is 11.3. The van der Waals surface area contributed by atoms with Crippen molar-refractivity contribution in [1.29, 1.82) is 0 Å². The number of alkyl carbamates (subject to hydrolysis) is 1. The number of methoxy groups -OCH3 is 1. The Balaban J connectivity index is 3.32. The summed E-state index contributed by atoms with van der Waals surface area (Å²) in [6.07, 6.45) is -0.968. The van der Waals surface area contributed by atoms with E-state index in [9.17, 15) is 9.59 Å². The molecule has 1 amide bonds. The van der Waals surface area contributed by atoms with Crippen LogP contribution in [0.25, 0.3) is 0 Å². The van der Waals surface area contributed by atoms with Crippen molar-refractivity contribution in [3.63, 3.8) is 0 Å². The highest BCUT2D eigenvalue weighted by Gasteiger charge is 2.08. The Morgan fingerprint density at radius 2 is 1.57 bits per heavy atom. The Bertz CT molecular complexity index is 286. The zero-order chi connectivity index (χ0) is 15.9. The molecule has 0 aromatic rings. The van der Waals surface area contributed by atoms with Crippen LogP contribution in [0.1, 0.15) is 13.8 Å². The molecule has 0 radical (unpaired) electrons. The van der Waals surface area contributed by atoms with Crippen molar-refractivity contribution in [2.75, 3.05) is 53.3 Å². The van der Waals surface area contributed by atoms with Gasteiger partial charge in [0.2, 0.25) is 0 Å². The standard InChI is InChI=1S/C13H25NO7/c1-11(21-12(2)15)10-14-13(16)20-9-8-19-7-6-18-5-4-17-3/h11H,4-10H2,1-3H3,(H,14,16). The number of amides is 1. The number of ether oxygens (including phenoxy) is 5. The third-order valence-corrected chi connectivity index (χ3v) is 2.17. The average Bonchev–Trinajstić information content (AvgIpc) is 2.42. The van der Waals surface area contributed by atoms with Crippen molar-refractivity contribution in [2.45, 2.75) is 20.0 Å². The minimum absolute atomic E-state index is 0.145. The molecule has 124 valence electrons. The number of esters is 1. The molecule has 8 heteroatoms. The Labute approximate surface area is 125 Å². The van der Waals surface area contributed by atoms with Crippen LogP contribution in [0.3, 0.4) is 0 Å². The van der Waals surface area contributed by atoms with E-state index in [1.807, 2.05) is 0 Å². The van der Waals surface area contributed by atoms with E-state index in [-0.39, 0.29) is 13.2 Å². The van der Waals surface area contributed by atoms with Crippen LogP contribution in [0.2, 0.25) is 0 Å². The van der Waals surface area contributed by atoms with Gasteiger partial charge in [0, 0.05) is 14.0 Å². The maximum absolute atomic E-state index is 11.3. The second-order valence-electron chi connectivity index (χ2n) is 4.15. The molecule has 0 aromatic carbocycles. The van der Waals surface area contributed by atoms with Crippen molar-refractivity contribution in [2.24, 2.45) is 0 Å². The van der Waals surface area contributed by atoms with E-state index in [0.717, 1.165) is 0 Å². The molecule has 0 aliphatic rings. The highest BCUT2D eigenvalue weighted by Crippen LogP contribution is 1.90. The van der Waals surface area contributed by atoms with E-state index in [1.54, 1.807) is 14.0 Å². The van der Waals surface area contributed by atoms with Crippen molar-refractivity contribution in [3.05, 3.63) is 0 Å². The molecule has 0 aromatic heterocycles. The minimum Gasteiger partial charge on any atom is -0.461 e. The van der Waals surface area contributed by atoms with Crippen LogP contribution in [-0.4, -0.2) is 71.5 Å². The quantitative estimate of drug-likeness (QED) is 0.410. The van der Waals surface area contributed by atoms with Gasteiger partial charge in [-0.05, 0) is 6.92 Å². The molecule has 0 aliphatic carbocycles. The van der Waals surface area contributed by atoms with Gasteiger partial charge in [-0.1, -0.05) is 0 Å². The fraction of sp³-hybridized carbons (Fsp3) is 0.846. The number of hydrogen-bond donors (Lipinski definition) is 1. The van der Waals surface area contributed by atoms with E-state index in [1.165, 1.54) is 6.92 Å². The van der Waals surface area contributed by atoms with Crippen LogP contribution in [0.4, 0.5) is 4.79 Å². The molecular weight excluding hydrogens is 282 g/mol. The Kier molecular flexibility index (Phi) is 12.7. The van der Waals surface area contributed by atoms with Gasteiger partial charge in [0.05, 0.1) is 39.6 Å². The normalized spacial score (nSPS) is 11.8. The molecule has 0 saturated carbocycles. The van der Waals surface area contributed by atoms with Crippen molar-refractivity contribution in [3.8, 4) is 0 Å². The zero-order valence-electron chi connectivity index (χ0n) is 12.9. The molecule has 0 spiro atoms. The summed E-state index contributed by atoms with van der Waals surface area (Å²) in [5.41, 5.74) is 0. The van der Waals surface area contributed by atoms with Crippen molar-refractivity contribution >= 4 is 12.1 Å². The van der Waals surface area contributed by atoms with Gasteiger partial charge in [0.1, 0.15) is 12.7 Å².